The molecule has 7 nitrogen and oxygen atoms in total. The molecule has 2 aliphatic rings. The number of thioether (sulfide) groups is 1. The number of fused-ring (bicyclic) bond motifs is 1. The summed E-state index contributed by atoms with van der Waals surface area (Å²) >= 11 is 1.51. The number of ether oxygens (including phenoxy) is 2. The van der Waals surface area contributed by atoms with Crippen molar-refractivity contribution in [2.24, 2.45) is 5.92 Å². The summed E-state index contributed by atoms with van der Waals surface area (Å²) in [7, 11) is 1.60. The van der Waals surface area contributed by atoms with Crippen molar-refractivity contribution in [2.75, 3.05) is 13.7 Å². The Bertz CT molecular complexity index is 966. The van der Waals surface area contributed by atoms with Crippen LogP contribution in [-0.4, -0.2) is 37.1 Å². The van der Waals surface area contributed by atoms with Crippen LogP contribution in [0, 0.1) is 5.92 Å². The summed E-state index contributed by atoms with van der Waals surface area (Å²) in [5, 5.41) is 10.7. The van der Waals surface area contributed by atoms with E-state index in [4.69, 9.17) is 9.47 Å². The van der Waals surface area contributed by atoms with E-state index in [1.54, 1.807) is 7.11 Å². The normalized spacial score (nSPS) is 22.3. The third kappa shape index (κ3) is 5.28. The van der Waals surface area contributed by atoms with E-state index in [9.17, 15) is 9.59 Å². The van der Waals surface area contributed by atoms with Gasteiger partial charge in [0.2, 0.25) is 5.91 Å². The van der Waals surface area contributed by atoms with Crippen molar-refractivity contribution in [3.63, 3.8) is 0 Å². The molecule has 0 bridgehead atoms. The molecule has 2 heterocycles. The Hall–Kier alpha value is -2.81. The fourth-order valence-electron chi connectivity index (χ4n) is 3.59. The fraction of sp³-hybridized carbons (Fsp3) is 0.304. The van der Waals surface area contributed by atoms with Crippen molar-refractivity contribution in [1.82, 2.24) is 16.0 Å². The molecule has 0 saturated carbocycles. The van der Waals surface area contributed by atoms with Crippen LogP contribution in [0.3, 0.4) is 0 Å². The predicted molar refractivity (Wildman–Crippen MR) is 119 cm³/mol. The second kappa shape index (κ2) is 10.00. The van der Waals surface area contributed by atoms with Crippen molar-refractivity contribution in [3.8, 4) is 5.75 Å². The van der Waals surface area contributed by atoms with Crippen LogP contribution in [0.1, 0.15) is 11.1 Å². The Morgan fingerprint density at radius 2 is 1.90 bits per heavy atom. The molecule has 1 saturated heterocycles. The molecule has 0 aromatic heterocycles. The summed E-state index contributed by atoms with van der Waals surface area (Å²) < 4.78 is 11.0. The van der Waals surface area contributed by atoms with Crippen molar-refractivity contribution in [2.45, 2.75) is 24.7 Å². The molecule has 1 fully saturated rings. The maximum atomic E-state index is 12.7. The molecule has 2 aromatic rings. The highest BCUT2D eigenvalue weighted by atomic mass is 32.2. The summed E-state index contributed by atoms with van der Waals surface area (Å²) in [5.74, 6) is -0.0498. The summed E-state index contributed by atoms with van der Waals surface area (Å²) in [6.45, 7) is 1.22. The Kier molecular flexibility index (Phi) is 6.91. The lowest BCUT2D eigenvalue weighted by Gasteiger charge is -2.33. The van der Waals surface area contributed by atoms with Crippen LogP contribution in [0.5, 0.6) is 5.75 Å². The zero-order valence-corrected chi connectivity index (χ0v) is 18.0. The van der Waals surface area contributed by atoms with Crippen molar-refractivity contribution in [3.05, 3.63) is 76.7 Å². The fourth-order valence-corrected chi connectivity index (χ4v) is 4.79. The van der Waals surface area contributed by atoms with Crippen LogP contribution in [0.15, 0.2) is 65.6 Å². The quantitative estimate of drug-likeness (QED) is 0.584. The summed E-state index contributed by atoms with van der Waals surface area (Å²) in [4.78, 5) is 25.3. The van der Waals surface area contributed by atoms with E-state index in [1.807, 2.05) is 60.0 Å². The van der Waals surface area contributed by atoms with Gasteiger partial charge in [-0.3, -0.25) is 14.9 Å². The number of hydrogen-bond donors (Lipinski definition) is 3. The van der Waals surface area contributed by atoms with Crippen molar-refractivity contribution < 1.29 is 19.1 Å². The molecule has 31 heavy (non-hydrogen) atoms. The second-order valence-corrected chi connectivity index (χ2v) is 8.40. The highest BCUT2D eigenvalue weighted by Gasteiger charge is 2.43. The molecule has 0 radical (unpaired) electrons. The SMILES string of the molecule is COc1cccc(CNC(=O)C2NC(=O)C3C(COCc4ccccc4)=CSC3N2)c1. The molecular weight excluding hydrogens is 414 g/mol. The molecule has 162 valence electrons. The molecular formula is C23H25N3O4S. The lowest BCUT2D eigenvalue weighted by molar-refractivity contribution is -0.134. The van der Waals surface area contributed by atoms with Gasteiger partial charge in [-0.15, -0.1) is 11.8 Å². The number of nitrogens with one attached hydrogen (secondary N) is 3. The Labute approximate surface area is 185 Å². The van der Waals surface area contributed by atoms with Gasteiger partial charge in [0.1, 0.15) is 5.75 Å². The Morgan fingerprint density at radius 1 is 1.10 bits per heavy atom. The standard InChI is InChI=1S/C23H25N3O4S/c1-29-18-9-5-8-16(10-18)11-24-22(28)20-25-21(27)19-17(14-31-23(19)26-20)13-30-12-15-6-3-2-4-7-15/h2-10,14,19-20,23,26H,11-13H2,1H3,(H,24,28)(H,25,27). The van der Waals surface area contributed by atoms with Crippen molar-refractivity contribution in [1.29, 1.82) is 0 Å². The number of hydrogen-bond acceptors (Lipinski definition) is 6. The number of amides is 2. The minimum Gasteiger partial charge on any atom is -0.497 e. The van der Waals surface area contributed by atoms with Crippen LogP contribution in [0.4, 0.5) is 0 Å². The highest BCUT2D eigenvalue weighted by Crippen LogP contribution is 2.36. The molecule has 3 N–H and O–H groups in total. The molecule has 3 unspecified atom stereocenters. The molecule has 4 rings (SSSR count). The van der Waals surface area contributed by atoms with Gasteiger partial charge in [0.05, 0.1) is 31.6 Å². The van der Waals surface area contributed by atoms with Gasteiger partial charge in [-0.1, -0.05) is 42.5 Å². The molecule has 2 amide bonds. The van der Waals surface area contributed by atoms with E-state index in [0.717, 1.165) is 22.4 Å². The Morgan fingerprint density at radius 3 is 2.71 bits per heavy atom. The topological polar surface area (TPSA) is 88.7 Å². The van der Waals surface area contributed by atoms with Crippen LogP contribution in [-0.2, 0) is 27.5 Å². The molecule has 0 aliphatic carbocycles. The Balaban J connectivity index is 1.27. The van der Waals surface area contributed by atoms with Gasteiger partial charge in [-0.25, -0.2) is 0 Å². The first-order valence-electron chi connectivity index (χ1n) is 10.1. The van der Waals surface area contributed by atoms with E-state index < -0.39 is 6.17 Å². The van der Waals surface area contributed by atoms with Crippen LogP contribution in [0.25, 0.3) is 0 Å². The first-order valence-corrected chi connectivity index (χ1v) is 11.0. The van der Waals surface area contributed by atoms with Crippen LogP contribution >= 0.6 is 11.8 Å². The van der Waals surface area contributed by atoms with E-state index >= 15 is 0 Å². The monoisotopic (exact) mass is 439 g/mol. The van der Waals surface area contributed by atoms with Gasteiger partial charge in [-0.2, -0.15) is 0 Å². The second-order valence-electron chi connectivity index (χ2n) is 7.38. The largest absolute Gasteiger partial charge is 0.497 e. The maximum absolute atomic E-state index is 12.7. The highest BCUT2D eigenvalue weighted by molar-refractivity contribution is 8.03. The van der Waals surface area contributed by atoms with Gasteiger partial charge < -0.3 is 20.1 Å². The lowest BCUT2D eigenvalue weighted by atomic mass is 9.97. The minimum absolute atomic E-state index is 0.162. The minimum atomic E-state index is -0.773. The zero-order valence-electron chi connectivity index (χ0n) is 17.2. The van der Waals surface area contributed by atoms with Gasteiger partial charge in [-0.05, 0) is 34.2 Å². The summed E-state index contributed by atoms with van der Waals surface area (Å²) in [6, 6.07) is 17.4. The average Bonchev–Trinajstić information content (AvgIpc) is 3.22. The van der Waals surface area contributed by atoms with E-state index in [0.29, 0.717) is 19.8 Å². The molecule has 8 heteroatoms. The maximum Gasteiger partial charge on any atom is 0.257 e. The third-order valence-electron chi connectivity index (χ3n) is 5.21. The molecule has 3 atom stereocenters. The predicted octanol–water partition coefficient (Wildman–Crippen LogP) is 2.15. The molecule has 2 aliphatic heterocycles. The molecule has 0 spiro atoms. The molecule has 2 aromatic carbocycles. The van der Waals surface area contributed by atoms with E-state index in [2.05, 4.69) is 16.0 Å². The van der Waals surface area contributed by atoms with Gasteiger partial charge in [0.15, 0.2) is 6.17 Å². The van der Waals surface area contributed by atoms with E-state index in [1.165, 1.54) is 11.8 Å². The number of rotatable bonds is 8. The van der Waals surface area contributed by atoms with Gasteiger partial charge in [0.25, 0.3) is 5.91 Å². The number of carbonyl (C=O) groups is 2. The van der Waals surface area contributed by atoms with E-state index in [-0.39, 0.29) is 23.1 Å². The third-order valence-corrected chi connectivity index (χ3v) is 6.35. The first-order chi connectivity index (χ1) is 15.1. The number of carbonyl (C=O) groups excluding carboxylic acids is 2. The number of methoxy groups -OCH3 is 1. The lowest BCUT2D eigenvalue weighted by Crippen LogP contribution is -2.64. The average molecular weight is 440 g/mol. The summed E-state index contributed by atoms with van der Waals surface area (Å²) in [5.41, 5.74) is 2.93. The smallest absolute Gasteiger partial charge is 0.257 e. The van der Waals surface area contributed by atoms with Gasteiger partial charge >= 0.3 is 0 Å². The first kappa shape index (κ1) is 21.4. The zero-order chi connectivity index (χ0) is 21.6. The van der Waals surface area contributed by atoms with Crippen LogP contribution < -0.4 is 20.7 Å². The number of benzene rings is 2. The van der Waals surface area contributed by atoms with Crippen LogP contribution in [0.2, 0.25) is 0 Å². The van der Waals surface area contributed by atoms with Gasteiger partial charge in [0, 0.05) is 6.54 Å². The summed E-state index contributed by atoms with van der Waals surface area (Å²) in [6.07, 6.45) is -0.773. The van der Waals surface area contributed by atoms with Crippen molar-refractivity contribution >= 4 is 23.6 Å².